The number of hydrogen-bond donors (Lipinski definition) is 2. The third-order valence-electron chi connectivity index (χ3n) is 3.66. The second kappa shape index (κ2) is 8.67. The Hall–Kier alpha value is -2.93. The maximum absolute atomic E-state index is 12.9. The number of halogens is 3. The van der Waals surface area contributed by atoms with Gasteiger partial charge in [-0.1, -0.05) is 6.07 Å². The van der Waals surface area contributed by atoms with E-state index in [0.717, 1.165) is 30.1 Å². The van der Waals surface area contributed by atoms with Crippen LogP contribution in [0.4, 0.5) is 29.3 Å². The Morgan fingerprint density at radius 2 is 1.94 bits per heavy atom. The Morgan fingerprint density at radius 3 is 2.61 bits per heavy atom. The molecule has 1 heterocycles. The molecule has 1 amide bonds. The first-order valence-corrected chi connectivity index (χ1v) is 10.9. The van der Waals surface area contributed by atoms with Crippen LogP contribution in [0.3, 0.4) is 0 Å². The maximum atomic E-state index is 12.9. The van der Waals surface area contributed by atoms with Gasteiger partial charge in [0.05, 0.1) is 23.0 Å². The number of ether oxygens (including phenoxy) is 1. The van der Waals surface area contributed by atoms with E-state index in [1.165, 1.54) is 18.2 Å². The van der Waals surface area contributed by atoms with Crippen molar-refractivity contribution in [2.24, 2.45) is 4.99 Å². The van der Waals surface area contributed by atoms with Crippen LogP contribution in [-0.2, 0) is 21.0 Å². The molecular formula is C18H16F3N3O5S2. The molecule has 0 radical (unpaired) electrons. The third kappa shape index (κ3) is 5.82. The van der Waals surface area contributed by atoms with Crippen molar-refractivity contribution in [2.45, 2.75) is 31.0 Å². The third-order valence-corrected chi connectivity index (χ3v) is 5.61. The highest BCUT2D eigenvalue weighted by molar-refractivity contribution is 8.15. The van der Waals surface area contributed by atoms with Gasteiger partial charge in [-0.2, -0.15) is 21.6 Å². The van der Waals surface area contributed by atoms with Crippen molar-refractivity contribution >= 4 is 44.7 Å². The van der Waals surface area contributed by atoms with E-state index >= 15 is 0 Å². The molecule has 0 aromatic heterocycles. The number of nitrogens with one attached hydrogen (secondary N) is 2. The average Bonchev–Trinajstić information content (AvgIpc) is 2.66. The number of amidine groups is 1. The second-order valence-electron chi connectivity index (χ2n) is 6.44. The van der Waals surface area contributed by atoms with E-state index in [-0.39, 0.29) is 22.7 Å². The fourth-order valence-electron chi connectivity index (χ4n) is 2.36. The predicted octanol–water partition coefficient (Wildman–Crippen LogP) is 4.67. The molecule has 1 aliphatic rings. The summed E-state index contributed by atoms with van der Waals surface area (Å²) in [5.74, 6) is -0.169. The molecule has 166 valence electrons. The summed E-state index contributed by atoms with van der Waals surface area (Å²) in [4.78, 5) is 15.2. The minimum Gasteiger partial charge on any atom is -0.447 e. The Labute approximate surface area is 180 Å². The Balaban J connectivity index is 1.82. The molecule has 0 spiro atoms. The van der Waals surface area contributed by atoms with Crippen molar-refractivity contribution in [3.05, 3.63) is 48.0 Å². The van der Waals surface area contributed by atoms with Crippen LogP contribution in [0, 0.1) is 0 Å². The SMILES string of the molecule is CC(C)OC(=O)NC1=Nc2cc(OS(=O)(=O)c3cccc(C(F)(F)F)c3)ccc2NS1. The molecule has 0 fully saturated rings. The number of alkyl halides is 3. The monoisotopic (exact) mass is 475 g/mol. The van der Waals surface area contributed by atoms with Crippen LogP contribution in [0.2, 0.25) is 0 Å². The van der Waals surface area contributed by atoms with Gasteiger partial charge in [-0.05, 0) is 44.2 Å². The fourth-order valence-corrected chi connectivity index (χ4v) is 3.99. The first-order chi connectivity index (χ1) is 14.4. The number of hydrogen-bond acceptors (Lipinski definition) is 8. The molecule has 31 heavy (non-hydrogen) atoms. The lowest BCUT2D eigenvalue weighted by Gasteiger charge is -2.18. The van der Waals surface area contributed by atoms with Crippen molar-refractivity contribution < 1.29 is 35.3 Å². The second-order valence-corrected chi connectivity index (χ2v) is 8.78. The summed E-state index contributed by atoms with van der Waals surface area (Å²) >= 11 is 1.00. The Bertz CT molecular complexity index is 1130. The van der Waals surface area contributed by atoms with Crippen molar-refractivity contribution in [3.8, 4) is 5.75 Å². The Kier molecular flexibility index (Phi) is 6.36. The lowest BCUT2D eigenvalue weighted by atomic mass is 10.2. The topological polar surface area (TPSA) is 106 Å². The first kappa shape index (κ1) is 22.7. The molecule has 0 atom stereocenters. The van der Waals surface area contributed by atoms with Crippen LogP contribution >= 0.6 is 11.9 Å². The zero-order valence-corrected chi connectivity index (χ0v) is 17.7. The lowest BCUT2D eigenvalue weighted by Crippen LogP contribution is -2.32. The molecule has 2 aromatic carbocycles. The minimum atomic E-state index is -4.70. The van der Waals surface area contributed by atoms with Crippen molar-refractivity contribution in [1.29, 1.82) is 0 Å². The number of alkyl carbamates (subject to hydrolysis) is 1. The zero-order valence-electron chi connectivity index (χ0n) is 16.1. The van der Waals surface area contributed by atoms with Gasteiger partial charge in [-0.15, -0.1) is 0 Å². The number of anilines is 1. The number of benzene rings is 2. The number of carbonyl (C=O) groups is 1. The fraction of sp³-hybridized carbons (Fsp3) is 0.222. The summed E-state index contributed by atoms with van der Waals surface area (Å²) in [6.07, 6.45) is -5.75. The molecule has 13 heteroatoms. The maximum Gasteiger partial charge on any atom is 0.416 e. The number of amides is 1. The van der Waals surface area contributed by atoms with E-state index in [4.69, 9.17) is 8.92 Å². The van der Waals surface area contributed by atoms with E-state index in [9.17, 15) is 26.4 Å². The number of carbonyl (C=O) groups excluding carboxylic acids is 1. The standard InChI is InChI=1S/C18H16F3N3O5S2/c1-10(2)28-17(25)23-16-22-15-9-12(6-7-14(15)24-30-16)29-31(26,27)13-5-3-4-11(8-13)18(19,20)21/h3-10,24H,1-2H3,(H,22,23,25). The molecule has 0 unspecified atom stereocenters. The van der Waals surface area contributed by atoms with E-state index in [0.29, 0.717) is 11.8 Å². The smallest absolute Gasteiger partial charge is 0.416 e. The van der Waals surface area contributed by atoms with Gasteiger partial charge in [0.25, 0.3) is 0 Å². The number of fused-ring (bicyclic) bond motifs is 1. The number of nitrogens with zero attached hydrogens (tertiary/aromatic N) is 1. The van der Waals surface area contributed by atoms with Gasteiger partial charge in [0.2, 0.25) is 0 Å². The highest BCUT2D eigenvalue weighted by atomic mass is 32.2. The summed E-state index contributed by atoms with van der Waals surface area (Å²) in [6, 6.07) is 7.29. The van der Waals surface area contributed by atoms with Gasteiger partial charge in [-0.3, -0.25) is 5.32 Å². The molecule has 2 aromatic rings. The molecule has 1 aliphatic heterocycles. The highest BCUT2D eigenvalue weighted by Crippen LogP contribution is 2.36. The van der Waals surface area contributed by atoms with Crippen molar-refractivity contribution in [2.75, 3.05) is 4.72 Å². The summed E-state index contributed by atoms with van der Waals surface area (Å²) in [5.41, 5.74) is -0.357. The molecule has 0 aliphatic carbocycles. The van der Waals surface area contributed by atoms with Crippen LogP contribution in [-0.4, -0.2) is 25.8 Å². The van der Waals surface area contributed by atoms with Gasteiger partial charge >= 0.3 is 22.4 Å². The van der Waals surface area contributed by atoms with Crippen LogP contribution in [0.25, 0.3) is 0 Å². The van der Waals surface area contributed by atoms with Gasteiger partial charge < -0.3 is 13.6 Å². The van der Waals surface area contributed by atoms with Crippen LogP contribution in [0.1, 0.15) is 19.4 Å². The van der Waals surface area contributed by atoms with Gasteiger partial charge in [0.1, 0.15) is 10.6 Å². The molecule has 8 nitrogen and oxygen atoms in total. The first-order valence-electron chi connectivity index (χ1n) is 8.69. The largest absolute Gasteiger partial charge is 0.447 e. The lowest BCUT2D eigenvalue weighted by molar-refractivity contribution is -0.137. The molecule has 2 N–H and O–H groups in total. The summed E-state index contributed by atoms with van der Waals surface area (Å²) in [5, 5.41) is 2.58. The highest BCUT2D eigenvalue weighted by Gasteiger charge is 2.32. The zero-order chi connectivity index (χ0) is 22.8. The molecule has 3 rings (SSSR count). The van der Waals surface area contributed by atoms with Crippen LogP contribution in [0.15, 0.2) is 52.4 Å². The Morgan fingerprint density at radius 1 is 1.19 bits per heavy atom. The molecule has 0 saturated heterocycles. The van der Waals surface area contributed by atoms with Crippen molar-refractivity contribution in [3.63, 3.8) is 0 Å². The normalized spacial score (nSPS) is 13.7. The van der Waals surface area contributed by atoms with E-state index in [2.05, 4.69) is 15.0 Å². The number of rotatable bonds is 4. The quantitative estimate of drug-likeness (QED) is 0.489. The van der Waals surface area contributed by atoms with Crippen LogP contribution < -0.4 is 14.2 Å². The number of aliphatic imine (C=N–C) groups is 1. The molecule has 0 bridgehead atoms. The minimum absolute atomic E-state index is 0.149. The summed E-state index contributed by atoms with van der Waals surface area (Å²) < 4.78 is 76.3. The summed E-state index contributed by atoms with van der Waals surface area (Å²) in [6.45, 7) is 3.36. The van der Waals surface area contributed by atoms with Gasteiger partial charge in [0, 0.05) is 18.0 Å². The predicted molar refractivity (Wildman–Crippen MR) is 109 cm³/mol. The molecule has 0 saturated carbocycles. The van der Waals surface area contributed by atoms with Crippen molar-refractivity contribution in [1.82, 2.24) is 5.32 Å². The van der Waals surface area contributed by atoms with Gasteiger partial charge in [-0.25, -0.2) is 9.79 Å². The van der Waals surface area contributed by atoms with E-state index in [1.54, 1.807) is 13.8 Å². The van der Waals surface area contributed by atoms with Gasteiger partial charge in [0.15, 0.2) is 5.17 Å². The van der Waals surface area contributed by atoms with E-state index < -0.39 is 32.8 Å². The van der Waals surface area contributed by atoms with Crippen LogP contribution in [0.5, 0.6) is 5.75 Å². The average molecular weight is 475 g/mol. The van der Waals surface area contributed by atoms with E-state index in [1.807, 2.05) is 0 Å². The molecular weight excluding hydrogens is 459 g/mol. The summed E-state index contributed by atoms with van der Waals surface area (Å²) in [7, 11) is -4.53.